The first-order valence-corrected chi connectivity index (χ1v) is 5.56. The van der Waals surface area contributed by atoms with Crippen LogP contribution in [-0.2, 0) is 6.54 Å². The lowest BCUT2D eigenvalue weighted by Gasteiger charge is -2.07. The zero-order valence-electron chi connectivity index (χ0n) is 9.26. The van der Waals surface area contributed by atoms with Crippen LogP contribution in [-0.4, -0.2) is 16.1 Å². The van der Waals surface area contributed by atoms with E-state index in [-0.39, 0.29) is 0 Å². The molecule has 0 amide bonds. The number of carbonyl (C=O) groups excluding carboxylic acids is 1. The van der Waals surface area contributed by atoms with E-state index in [1.165, 1.54) is 0 Å². The molecule has 0 saturated carbocycles. The fraction of sp³-hybridized carbons (Fsp3) is 0.167. The number of ether oxygens (including phenoxy) is 1. The highest BCUT2D eigenvalue weighted by molar-refractivity contribution is 6.32. The summed E-state index contributed by atoms with van der Waals surface area (Å²) in [5.74, 6) is 0.919. The van der Waals surface area contributed by atoms with Gasteiger partial charge in [0.1, 0.15) is 0 Å². The van der Waals surface area contributed by atoms with Crippen LogP contribution < -0.4 is 4.74 Å². The third-order valence-corrected chi connectivity index (χ3v) is 2.58. The molecular weight excluding hydrogens is 240 g/mol. The molecule has 5 heteroatoms. The monoisotopic (exact) mass is 250 g/mol. The Hall–Kier alpha value is -1.81. The van der Waals surface area contributed by atoms with Crippen LogP contribution >= 0.6 is 11.6 Å². The zero-order chi connectivity index (χ0) is 12.3. The van der Waals surface area contributed by atoms with Crippen LogP contribution in [0.15, 0.2) is 30.6 Å². The summed E-state index contributed by atoms with van der Waals surface area (Å²) < 4.78 is 7.30. The van der Waals surface area contributed by atoms with E-state index in [9.17, 15) is 4.79 Å². The van der Waals surface area contributed by atoms with Gasteiger partial charge in [-0.15, -0.1) is 0 Å². The number of nitrogens with zero attached hydrogens (tertiary/aromatic N) is 2. The number of benzene rings is 1. The van der Waals surface area contributed by atoms with Crippen molar-refractivity contribution in [1.82, 2.24) is 9.78 Å². The Kier molecular flexibility index (Phi) is 3.44. The molecular formula is C12H11ClN2O2. The van der Waals surface area contributed by atoms with Crippen LogP contribution in [0.1, 0.15) is 17.3 Å². The van der Waals surface area contributed by atoms with Gasteiger partial charge in [-0.2, -0.15) is 5.10 Å². The van der Waals surface area contributed by atoms with Crippen molar-refractivity contribution < 1.29 is 9.53 Å². The maximum absolute atomic E-state index is 10.9. The van der Waals surface area contributed by atoms with Gasteiger partial charge in [0.2, 0.25) is 0 Å². The highest BCUT2D eigenvalue weighted by Crippen LogP contribution is 2.31. The van der Waals surface area contributed by atoms with Gasteiger partial charge in [0.05, 0.1) is 23.0 Å². The number of para-hydroxylation sites is 1. The van der Waals surface area contributed by atoms with Gasteiger partial charge in [-0.25, -0.2) is 0 Å². The van der Waals surface area contributed by atoms with E-state index in [2.05, 4.69) is 5.10 Å². The van der Waals surface area contributed by atoms with Crippen LogP contribution in [0.3, 0.4) is 0 Å². The second-order valence-corrected chi connectivity index (χ2v) is 3.82. The number of rotatable bonds is 4. The van der Waals surface area contributed by atoms with Crippen molar-refractivity contribution in [2.24, 2.45) is 0 Å². The Labute approximate surface area is 104 Å². The highest BCUT2D eigenvalue weighted by Gasteiger charge is 2.10. The Morgan fingerprint density at radius 1 is 1.53 bits per heavy atom. The van der Waals surface area contributed by atoms with E-state index >= 15 is 0 Å². The fourth-order valence-electron chi connectivity index (χ4n) is 1.41. The Balaban J connectivity index is 2.31. The average Bonchev–Trinajstić information content (AvgIpc) is 2.79. The van der Waals surface area contributed by atoms with Crippen LogP contribution in [0.4, 0.5) is 0 Å². The lowest BCUT2D eigenvalue weighted by Crippen LogP contribution is -1.93. The molecule has 0 fully saturated rings. The van der Waals surface area contributed by atoms with Crippen LogP contribution in [0.5, 0.6) is 11.5 Å². The molecule has 0 atom stereocenters. The first-order valence-electron chi connectivity index (χ1n) is 5.18. The number of aromatic nitrogens is 2. The van der Waals surface area contributed by atoms with Gasteiger partial charge in [-0.1, -0.05) is 17.7 Å². The molecule has 0 bridgehead atoms. The van der Waals surface area contributed by atoms with Gasteiger partial charge >= 0.3 is 0 Å². The predicted molar refractivity (Wildman–Crippen MR) is 64.8 cm³/mol. The van der Waals surface area contributed by atoms with Crippen molar-refractivity contribution in [3.63, 3.8) is 0 Å². The van der Waals surface area contributed by atoms with Crippen molar-refractivity contribution in [3.8, 4) is 11.5 Å². The SMILES string of the molecule is CCn1cc(Oc2c(Cl)cccc2C=O)cn1. The van der Waals surface area contributed by atoms with Gasteiger partial charge in [0.15, 0.2) is 17.8 Å². The first-order chi connectivity index (χ1) is 8.24. The van der Waals surface area contributed by atoms with E-state index in [1.807, 2.05) is 6.92 Å². The summed E-state index contributed by atoms with van der Waals surface area (Å²) in [4.78, 5) is 10.9. The molecule has 1 heterocycles. The second kappa shape index (κ2) is 5.01. The summed E-state index contributed by atoms with van der Waals surface area (Å²) in [6.07, 6.45) is 4.05. The maximum atomic E-state index is 10.9. The largest absolute Gasteiger partial charge is 0.452 e. The minimum Gasteiger partial charge on any atom is -0.452 e. The van der Waals surface area contributed by atoms with Crippen LogP contribution in [0.2, 0.25) is 5.02 Å². The molecule has 0 N–H and O–H groups in total. The molecule has 0 unspecified atom stereocenters. The first kappa shape index (κ1) is 11.7. The zero-order valence-corrected chi connectivity index (χ0v) is 10.0. The molecule has 0 aliphatic heterocycles. The summed E-state index contributed by atoms with van der Waals surface area (Å²) in [5, 5.41) is 4.48. The smallest absolute Gasteiger partial charge is 0.165 e. The Morgan fingerprint density at radius 2 is 2.35 bits per heavy atom. The van der Waals surface area contributed by atoms with E-state index in [0.29, 0.717) is 28.4 Å². The van der Waals surface area contributed by atoms with Crippen molar-refractivity contribution in [1.29, 1.82) is 0 Å². The molecule has 2 aromatic rings. The highest BCUT2D eigenvalue weighted by atomic mass is 35.5. The standard InChI is InChI=1S/C12H11ClN2O2/c1-2-15-7-10(6-14-15)17-12-9(8-16)4-3-5-11(12)13/h3-8H,2H2,1H3. The molecule has 0 saturated heterocycles. The Morgan fingerprint density at radius 3 is 3.00 bits per heavy atom. The average molecular weight is 251 g/mol. The number of carbonyl (C=O) groups is 1. The second-order valence-electron chi connectivity index (χ2n) is 3.41. The molecule has 0 spiro atoms. The molecule has 1 aromatic carbocycles. The summed E-state index contributed by atoms with van der Waals surface area (Å²) in [6, 6.07) is 5.03. The number of aryl methyl sites for hydroxylation is 1. The number of aldehydes is 1. The molecule has 4 nitrogen and oxygen atoms in total. The van der Waals surface area contributed by atoms with Crippen molar-refractivity contribution in [2.45, 2.75) is 13.5 Å². The quantitative estimate of drug-likeness (QED) is 0.783. The lowest BCUT2D eigenvalue weighted by molar-refractivity contribution is 0.112. The van der Waals surface area contributed by atoms with Gasteiger partial charge in [0, 0.05) is 6.54 Å². The van der Waals surface area contributed by atoms with Gasteiger partial charge in [-0.3, -0.25) is 9.48 Å². The molecule has 17 heavy (non-hydrogen) atoms. The molecule has 1 aromatic heterocycles. The molecule has 0 aliphatic rings. The number of halogens is 1. The van der Waals surface area contributed by atoms with Crippen LogP contribution in [0, 0.1) is 0 Å². The van der Waals surface area contributed by atoms with Crippen molar-refractivity contribution in [2.75, 3.05) is 0 Å². The Bertz CT molecular complexity index is 537. The summed E-state index contributed by atoms with van der Waals surface area (Å²) >= 11 is 5.99. The lowest BCUT2D eigenvalue weighted by atomic mass is 10.2. The minimum absolute atomic E-state index is 0.361. The number of hydrogen-bond donors (Lipinski definition) is 0. The van der Waals surface area contributed by atoms with E-state index in [4.69, 9.17) is 16.3 Å². The third-order valence-electron chi connectivity index (χ3n) is 2.28. The minimum atomic E-state index is 0.361. The van der Waals surface area contributed by atoms with Gasteiger partial charge in [0.25, 0.3) is 0 Å². The molecule has 0 aliphatic carbocycles. The number of hydrogen-bond acceptors (Lipinski definition) is 3. The maximum Gasteiger partial charge on any atom is 0.165 e. The van der Waals surface area contributed by atoms with E-state index in [0.717, 1.165) is 6.54 Å². The predicted octanol–water partition coefficient (Wildman–Crippen LogP) is 3.16. The summed E-state index contributed by atoms with van der Waals surface area (Å²) in [5.41, 5.74) is 0.418. The van der Waals surface area contributed by atoms with E-state index < -0.39 is 0 Å². The van der Waals surface area contributed by atoms with Crippen LogP contribution in [0.25, 0.3) is 0 Å². The molecule has 88 valence electrons. The summed E-state index contributed by atoms with van der Waals surface area (Å²) in [6.45, 7) is 2.73. The molecule has 0 radical (unpaired) electrons. The van der Waals surface area contributed by atoms with Crippen molar-refractivity contribution >= 4 is 17.9 Å². The summed E-state index contributed by atoms with van der Waals surface area (Å²) in [7, 11) is 0. The molecule has 2 rings (SSSR count). The van der Waals surface area contributed by atoms with Gasteiger partial charge < -0.3 is 4.74 Å². The van der Waals surface area contributed by atoms with E-state index in [1.54, 1.807) is 35.3 Å². The topological polar surface area (TPSA) is 44.1 Å². The third kappa shape index (κ3) is 2.47. The normalized spacial score (nSPS) is 10.2. The fourth-order valence-corrected chi connectivity index (χ4v) is 1.63. The van der Waals surface area contributed by atoms with Crippen molar-refractivity contribution in [3.05, 3.63) is 41.2 Å². The van der Waals surface area contributed by atoms with Gasteiger partial charge in [-0.05, 0) is 19.1 Å².